The fourth-order valence-electron chi connectivity index (χ4n) is 1.06. The molecule has 84 valence electrons. The first-order valence-corrected chi connectivity index (χ1v) is 4.86. The number of carbonyl (C=O) groups excluding carboxylic acids is 1. The first kappa shape index (κ1) is 12.0. The van der Waals surface area contributed by atoms with Crippen LogP contribution in [-0.2, 0) is 9.53 Å². The molecule has 0 heterocycles. The lowest BCUT2D eigenvalue weighted by Gasteiger charge is -2.02. The molecular weight excluding hydrogens is 204 g/mol. The minimum absolute atomic E-state index is 0.369. The van der Waals surface area contributed by atoms with Crippen LogP contribution in [0.4, 0.5) is 0 Å². The summed E-state index contributed by atoms with van der Waals surface area (Å²) in [6.07, 6.45) is 4.74. The standard InChI is InChI=1S/C13H14O3/c1-3-10-16-12-7-4-11(5-8-12)6-9-13(14)15-2/h3-9H,1,10H2,2H3/b9-6+. The molecular formula is C13H14O3. The third-order valence-electron chi connectivity index (χ3n) is 1.86. The van der Waals surface area contributed by atoms with Gasteiger partial charge in [-0.1, -0.05) is 24.8 Å². The Bertz CT molecular complexity index is 377. The van der Waals surface area contributed by atoms with E-state index in [2.05, 4.69) is 11.3 Å². The van der Waals surface area contributed by atoms with Crippen molar-refractivity contribution in [2.45, 2.75) is 0 Å². The SMILES string of the molecule is C=CCOc1ccc(/C=C/C(=O)OC)cc1. The third-order valence-corrected chi connectivity index (χ3v) is 1.86. The summed E-state index contributed by atoms with van der Waals surface area (Å²) < 4.78 is 9.81. The molecule has 0 amide bonds. The van der Waals surface area contributed by atoms with Crippen molar-refractivity contribution in [3.8, 4) is 5.75 Å². The van der Waals surface area contributed by atoms with E-state index in [1.807, 2.05) is 24.3 Å². The molecule has 0 aliphatic heterocycles. The van der Waals surface area contributed by atoms with Crippen molar-refractivity contribution in [2.75, 3.05) is 13.7 Å². The van der Waals surface area contributed by atoms with E-state index in [-0.39, 0.29) is 5.97 Å². The maximum atomic E-state index is 10.8. The molecule has 0 fully saturated rings. The molecule has 1 aromatic carbocycles. The summed E-state index contributed by atoms with van der Waals surface area (Å²) in [5.41, 5.74) is 0.913. The first-order valence-electron chi connectivity index (χ1n) is 4.86. The fourth-order valence-corrected chi connectivity index (χ4v) is 1.06. The molecule has 0 unspecified atom stereocenters. The van der Waals surface area contributed by atoms with Crippen LogP contribution < -0.4 is 4.74 Å². The molecule has 16 heavy (non-hydrogen) atoms. The second-order valence-corrected chi connectivity index (χ2v) is 3.03. The highest BCUT2D eigenvalue weighted by Gasteiger charge is 1.94. The van der Waals surface area contributed by atoms with Crippen molar-refractivity contribution >= 4 is 12.0 Å². The van der Waals surface area contributed by atoms with Crippen molar-refractivity contribution < 1.29 is 14.3 Å². The lowest BCUT2D eigenvalue weighted by Crippen LogP contribution is -1.93. The predicted molar refractivity (Wildman–Crippen MR) is 63.2 cm³/mol. The summed E-state index contributed by atoms with van der Waals surface area (Å²) in [7, 11) is 1.35. The Kier molecular flexibility index (Phi) is 4.86. The Hall–Kier alpha value is -2.03. The Morgan fingerprint density at radius 3 is 2.62 bits per heavy atom. The molecule has 0 atom stereocenters. The zero-order valence-corrected chi connectivity index (χ0v) is 9.18. The van der Waals surface area contributed by atoms with Gasteiger partial charge in [-0.15, -0.1) is 0 Å². The number of hydrogen-bond donors (Lipinski definition) is 0. The molecule has 3 nitrogen and oxygen atoms in total. The minimum Gasteiger partial charge on any atom is -0.490 e. The molecule has 0 saturated heterocycles. The fraction of sp³-hybridized carbons (Fsp3) is 0.154. The Morgan fingerprint density at radius 1 is 1.38 bits per heavy atom. The molecule has 0 aromatic heterocycles. The van der Waals surface area contributed by atoms with Crippen molar-refractivity contribution in [3.63, 3.8) is 0 Å². The lowest BCUT2D eigenvalue weighted by molar-refractivity contribution is -0.134. The predicted octanol–water partition coefficient (Wildman–Crippen LogP) is 2.44. The van der Waals surface area contributed by atoms with Crippen molar-refractivity contribution in [3.05, 3.63) is 48.6 Å². The van der Waals surface area contributed by atoms with Gasteiger partial charge in [0.2, 0.25) is 0 Å². The molecule has 0 aliphatic carbocycles. The molecule has 0 bridgehead atoms. The van der Waals surface area contributed by atoms with Gasteiger partial charge in [-0.05, 0) is 23.8 Å². The summed E-state index contributed by atoms with van der Waals surface area (Å²) in [4.78, 5) is 10.8. The van der Waals surface area contributed by atoms with Crippen molar-refractivity contribution in [1.29, 1.82) is 0 Å². The van der Waals surface area contributed by atoms with E-state index in [1.54, 1.807) is 12.2 Å². The molecule has 0 spiro atoms. The topological polar surface area (TPSA) is 35.5 Å². The van der Waals surface area contributed by atoms with Gasteiger partial charge < -0.3 is 9.47 Å². The summed E-state index contributed by atoms with van der Waals surface area (Å²) in [6.45, 7) is 4.05. The molecule has 0 radical (unpaired) electrons. The highest BCUT2D eigenvalue weighted by atomic mass is 16.5. The van der Waals surface area contributed by atoms with E-state index < -0.39 is 0 Å². The van der Waals surface area contributed by atoms with Gasteiger partial charge in [0.05, 0.1) is 7.11 Å². The van der Waals surface area contributed by atoms with E-state index in [9.17, 15) is 4.79 Å². The summed E-state index contributed by atoms with van der Waals surface area (Å²) in [5.74, 6) is 0.405. The molecule has 1 aromatic rings. The van der Waals surface area contributed by atoms with Crippen LogP contribution >= 0.6 is 0 Å². The van der Waals surface area contributed by atoms with Gasteiger partial charge >= 0.3 is 5.97 Å². The van der Waals surface area contributed by atoms with E-state index in [0.717, 1.165) is 11.3 Å². The normalized spacial score (nSPS) is 10.1. The Labute approximate surface area is 95.0 Å². The van der Waals surface area contributed by atoms with Crippen LogP contribution in [0.25, 0.3) is 6.08 Å². The van der Waals surface area contributed by atoms with Gasteiger partial charge in [0.15, 0.2) is 0 Å². The van der Waals surface area contributed by atoms with E-state index in [4.69, 9.17) is 4.74 Å². The zero-order valence-electron chi connectivity index (χ0n) is 9.18. The number of carbonyl (C=O) groups is 1. The number of methoxy groups -OCH3 is 1. The van der Waals surface area contributed by atoms with Gasteiger partial charge in [-0.25, -0.2) is 4.79 Å². The number of hydrogen-bond acceptors (Lipinski definition) is 3. The van der Waals surface area contributed by atoms with E-state index in [0.29, 0.717) is 6.61 Å². The molecule has 0 aliphatic rings. The largest absolute Gasteiger partial charge is 0.490 e. The van der Waals surface area contributed by atoms with Gasteiger partial charge in [0.1, 0.15) is 12.4 Å². The van der Waals surface area contributed by atoms with E-state index in [1.165, 1.54) is 13.2 Å². The molecule has 3 heteroatoms. The van der Waals surface area contributed by atoms with Gasteiger partial charge in [0.25, 0.3) is 0 Å². The molecule has 0 saturated carbocycles. The smallest absolute Gasteiger partial charge is 0.330 e. The average molecular weight is 218 g/mol. The second kappa shape index (κ2) is 6.45. The van der Waals surface area contributed by atoms with Crippen LogP contribution in [0.1, 0.15) is 5.56 Å². The van der Waals surface area contributed by atoms with Crippen LogP contribution in [-0.4, -0.2) is 19.7 Å². The van der Waals surface area contributed by atoms with Crippen LogP contribution in [0.5, 0.6) is 5.75 Å². The maximum Gasteiger partial charge on any atom is 0.330 e. The van der Waals surface area contributed by atoms with E-state index >= 15 is 0 Å². The third kappa shape index (κ3) is 4.00. The summed E-state index contributed by atoms with van der Waals surface area (Å²) in [6, 6.07) is 7.39. The second-order valence-electron chi connectivity index (χ2n) is 3.03. The van der Waals surface area contributed by atoms with Crippen LogP contribution in [0.15, 0.2) is 43.0 Å². The van der Waals surface area contributed by atoms with Crippen LogP contribution in [0, 0.1) is 0 Å². The molecule has 0 N–H and O–H groups in total. The van der Waals surface area contributed by atoms with Crippen molar-refractivity contribution in [2.24, 2.45) is 0 Å². The minimum atomic E-state index is -0.369. The quantitative estimate of drug-likeness (QED) is 0.432. The zero-order chi connectivity index (χ0) is 11.8. The highest BCUT2D eigenvalue weighted by Crippen LogP contribution is 2.13. The Morgan fingerprint density at radius 2 is 2.06 bits per heavy atom. The van der Waals surface area contributed by atoms with Crippen molar-refractivity contribution in [1.82, 2.24) is 0 Å². The first-order chi connectivity index (χ1) is 7.76. The van der Waals surface area contributed by atoms with Crippen LogP contribution in [0.3, 0.4) is 0 Å². The number of benzene rings is 1. The number of esters is 1. The lowest BCUT2D eigenvalue weighted by atomic mass is 10.2. The van der Waals surface area contributed by atoms with Gasteiger partial charge in [-0.2, -0.15) is 0 Å². The summed E-state index contributed by atoms with van der Waals surface area (Å²) in [5, 5.41) is 0. The Balaban J connectivity index is 2.60. The molecule has 1 rings (SSSR count). The number of ether oxygens (including phenoxy) is 2. The average Bonchev–Trinajstić information content (AvgIpc) is 2.34. The van der Waals surface area contributed by atoms with Gasteiger partial charge in [-0.3, -0.25) is 0 Å². The summed E-state index contributed by atoms with van der Waals surface area (Å²) >= 11 is 0. The highest BCUT2D eigenvalue weighted by molar-refractivity contribution is 5.86. The maximum absolute atomic E-state index is 10.8. The van der Waals surface area contributed by atoms with Gasteiger partial charge in [0, 0.05) is 6.08 Å². The monoisotopic (exact) mass is 218 g/mol. The number of rotatable bonds is 5. The van der Waals surface area contributed by atoms with Crippen LogP contribution in [0.2, 0.25) is 0 Å².